The predicted molar refractivity (Wildman–Crippen MR) is 137 cm³/mol. The first-order valence-corrected chi connectivity index (χ1v) is 13.0. The monoisotopic (exact) mass is 600 g/mol. The molecule has 4 aromatic rings. The van der Waals surface area contributed by atoms with Crippen molar-refractivity contribution in [1.29, 1.82) is 0 Å². The van der Waals surface area contributed by atoms with Crippen molar-refractivity contribution in [2.24, 2.45) is 0 Å². The number of carbonyl (C=O) groups excluding carboxylic acids is 1. The Balaban J connectivity index is 1.40. The van der Waals surface area contributed by atoms with Crippen LogP contribution in [0.2, 0.25) is 0 Å². The van der Waals surface area contributed by atoms with Gasteiger partial charge in [0, 0.05) is 21.7 Å². The van der Waals surface area contributed by atoms with Gasteiger partial charge in [-0.25, -0.2) is 9.07 Å². The van der Waals surface area contributed by atoms with Crippen molar-refractivity contribution < 1.29 is 9.18 Å². The number of aromatic nitrogens is 5. The van der Waals surface area contributed by atoms with Gasteiger partial charge in [-0.15, -0.1) is 5.10 Å². The number of hydrogen-bond donors (Lipinski definition) is 0. The highest BCUT2D eigenvalue weighted by Gasteiger charge is 2.32. The zero-order chi connectivity index (χ0) is 24.5. The first kappa shape index (κ1) is 23.9. The lowest BCUT2D eigenvalue weighted by Crippen LogP contribution is -2.38. The van der Waals surface area contributed by atoms with Crippen LogP contribution in [0, 0.1) is 12.7 Å². The van der Waals surface area contributed by atoms with Crippen LogP contribution in [-0.2, 0) is 6.54 Å². The molecule has 10 heteroatoms. The van der Waals surface area contributed by atoms with Crippen LogP contribution in [0.25, 0.3) is 5.69 Å². The Morgan fingerprint density at radius 3 is 2.77 bits per heavy atom. The Kier molecular flexibility index (Phi) is 6.84. The van der Waals surface area contributed by atoms with Gasteiger partial charge in [-0.1, -0.05) is 39.3 Å². The summed E-state index contributed by atoms with van der Waals surface area (Å²) in [4.78, 5) is 15.5. The average molecular weight is 602 g/mol. The molecule has 35 heavy (non-hydrogen) atoms. The van der Waals surface area contributed by atoms with Gasteiger partial charge in [-0.05, 0) is 71.9 Å². The first-order chi connectivity index (χ1) is 16.9. The molecule has 1 unspecified atom stereocenters. The quantitative estimate of drug-likeness (QED) is 0.288. The molecule has 7 nitrogen and oxygen atoms in total. The number of piperidine rings is 1. The van der Waals surface area contributed by atoms with Crippen LogP contribution >= 0.6 is 31.9 Å². The summed E-state index contributed by atoms with van der Waals surface area (Å²) in [6.45, 7) is 3.05. The van der Waals surface area contributed by atoms with Gasteiger partial charge in [0.25, 0.3) is 5.91 Å². The van der Waals surface area contributed by atoms with Crippen LogP contribution in [0.5, 0.6) is 0 Å². The van der Waals surface area contributed by atoms with Crippen molar-refractivity contribution in [3.63, 3.8) is 0 Å². The molecule has 0 aliphatic carbocycles. The number of halogens is 3. The fourth-order valence-corrected chi connectivity index (χ4v) is 5.48. The third-order valence-corrected chi connectivity index (χ3v) is 7.33. The summed E-state index contributed by atoms with van der Waals surface area (Å²) in [6, 6.07) is 12.6. The van der Waals surface area contributed by atoms with Gasteiger partial charge < -0.3 is 4.90 Å². The van der Waals surface area contributed by atoms with Crippen LogP contribution in [-0.4, -0.2) is 42.1 Å². The van der Waals surface area contributed by atoms with Gasteiger partial charge >= 0.3 is 0 Å². The minimum Gasteiger partial charge on any atom is -0.330 e. The lowest BCUT2D eigenvalue weighted by Gasteiger charge is -2.34. The minimum atomic E-state index is -0.402. The lowest BCUT2D eigenvalue weighted by atomic mass is 9.98. The first-order valence-electron chi connectivity index (χ1n) is 11.4. The molecule has 0 spiro atoms. The predicted octanol–water partition coefficient (Wildman–Crippen LogP) is 5.85. The van der Waals surface area contributed by atoms with Gasteiger partial charge in [-0.3, -0.25) is 9.48 Å². The molecule has 2 aromatic carbocycles. The highest BCUT2D eigenvalue weighted by atomic mass is 79.9. The van der Waals surface area contributed by atoms with E-state index in [1.165, 1.54) is 10.7 Å². The molecule has 5 rings (SSSR count). The van der Waals surface area contributed by atoms with Crippen LogP contribution in [0.3, 0.4) is 0 Å². The molecular formula is C25H23Br2FN6O. The molecule has 180 valence electrons. The summed E-state index contributed by atoms with van der Waals surface area (Å²) in [6.07, 6.45) is 6.20. The van der Waals surface area contributed by atoms with Crippen molar-refractivity contribution in [1.82, 2.24) is 29.7 Å². The van der Waals surface area contributed by atoms with Gasteiger partial charge in [0.2, 0.25) is 0 Å². The van der Waals surface area contributed by atoms with Crippen molar-refractivity contribution in [3.8, 4) is 5.69 Å². The topological polar surface area (TPSA) is 68.8 Å². The van der Waals surface area contributed by atoms with Gasteiger partial charge in [0.1, 0.15) is 17.2 Å². The number of hydrogen-bond acceptors (Lipinski definition) is 4. The molecular weight excluding hydrogens is 579 g/mol. The van der Waals surface area contributed by atoms with Crippen LogP contribution in [0.4, 0.5) is 4.39 Å². The maximum atomic E-state index is 14.4. The fraction of sp³-hybridized carbons (Fsp3) is 0.280. The molecule has 3 heterocycles. The highest BCUT2D eigenvalue weighted by molar-refractivity contribution is 9.10. The maximum absolute atomic E-state index is 14.4. The average Bonchev–Trinajstić information content (AvgIpc) is 3.45. The summed E-state index contributed by atoms with van der Waals surface area (Å²) in [5.41, 5.74) is 3.30. The third-order valence-electron chi connectivity index (χ3n) is 6.19. The normalized spacial score (nSPS) is 16.0. The SMILES string of the molecule is Cc1nn(Cc2cccc(Br)c2)cc1C(=O)N1CCCCC1c1cn(-c2c(F)cccc2Br)nn1. The Hall–Kier alpha value is -2.85. The smallest absolute Gasteiger partial charge is 0.257 e. The summed E-state index contributed by atoms with van der Waals surface area (Å²) in [7, 11) is 0. The molecule has 1 fully saturated rings. The lowest BCUT2D eigenvalue weighted by molar-refractivity contribution is 0.0605. The second-order valence-electron chi connectivity index (χ2n) is 8.62. The number of amides is 1. The van der Waals surface area contributed by atoms with E-state index in [4.69, 9.17) is 0 Å². The fourth-order valence-electron chi connectivity index (χ4n) is 4.51. The van der Waals surface area contributed by atoms with Gasteiger partial charge in [0.15, 0.2) is 0 Å². The molecule has 2 aromatic heterocycles. The third kappa shape index (κ3) is 4.95. The number of rotatable bonds is 5. The van der Waals surface area contributed by atoms with E-state index in [9.17, 15) is 9.18 Å². The zero-order valence-electron chi connectivity index (χ0n) is 19.0. The summed E-state index contributed by atoms with van der Waals surface area (Å²) >= 11 is 6.88. The molecule has 0 saturated carbocycles. The molecule has 1 saturated heterocycles. The Labute approximate surface area is 219 Å². The second-order valence-corrected chi connectivity index (χ2v) is 10.4. The van der Waals surface area contributed by atoms with E-state index < -0.39 is 5.82 Å². The molecule has 0 N–H and O–H groups in total. The largest absolute Gasteiger partial charge is 0.330 e. The van der Waals surface area contributed by atoms with Crippen LogP contribution in [0.15, 0.2) is 63.8 Å². The summed E-state index contributed by atoms with van der Waals surface area (Å²) in [5.74, 6) is -0.477. The molecule has 1 aliphatic heterocycles. The van der Waals surface area contributed by atoms with E-state index in [2.05, 4.69) is 47.3 Å². The Morgan fingerprint density at radius 2 is 1.97 bits per heavy atom. The molecule has 1 aliphatic rings. The van der Waals surface area contributed by atoms with E-state index in [-0.39, 0.29) is 11.9 Å². The number of benzene rings is 2. The number of nitrogens with zero attached hydrogens (tertiary/aromatic N) is 6. The van der Waals surface area contributed by atoms with E-state index in [1.807, 2.05) is 42.3 Å². The zero-order valence-corrected chi connectivity index (χ0v) is 22.2. The summed E-state index contributed by atoms with van der Waals surface area (Å²) in [5, 5.41) is 13.1. The maximum Gasteiger partial charge on any atom is 0.257 e. The minimum absolute atomic E-state index is 0.0747. The van der Waals surface area contributed by atoms with Crippen LogP contribution < -0.4 is 0 Å². The Bertz CT molecular complexity index is 1360. The van der Waals surface area contributed by atoms with Crippen molar-refractivity contribution in [2.45, 2.75) is 38.8 Å². The molecule has 0 bridgehead atoms. The second kappa shape index (κ2) is 10.0. The van der Waals surface area contributed by atoms with Crippen LogP contribution in [0.1, 0.15) is 52.6 Å². The van der Waals surface area contributed by atoms with E-state index in [1.54, 1.807) is 23.0 Å². The number of para-hydroxylation sites is 1. The van der Waals surface area contributed by atoms with E-state index >= 15 is 0 Å². The highest BCUT2D eigenvalue weighted by Crippen LogP contribution is 2.32. The van der Waals surface area contributed by atoms with Crippen molar-refractivity contribution in [2.75, 3.05) is 6.54 Å². The Morgan fingerprint density at radius 1 is 1.14 bits per heavy atom. The molecule has 0 radical (unpaired) electrons. The number of likely N-dealkylation sites (tertiary alicyclic amines) is 1. The summed E-state index contributed by atoms with van der Waals surface area (Å²) < 4.78 is 19.3. The van der Waals surface area contributed by atoms with Gasteiger partial charge in [-0.2, -0.15) is 5.10 Å². The molecule has 1 atom stereocenters. The van der Waals surface area contributed by atoms with Gasteiger partial charge in [0.05, 0.1) is 30.0 Å². The van der Waals surface area contributed by atoms with Crippen molar-refractivity contribution in [3.05, 3.63) is 92.1 Å². The number of aryl methyl sites for hydroxylation is 1. The molecule has 1 amide bonds. The van der Waals surface area contributed by atoms with E-state index in [0.29, 0.717) is 40.2 Å². The van der Waals surface area contributed by atoms with E-state index in [0.717, 1.165) is 29.3 Å². The standard InChI is InChI=1S/C25H23Br2FN6O/c1-16-19(14-32(30-16)13-17-6-4-7-18(26)12-17)25(35)33-11-3-2-10-23(33)22-15-34(31-29-22)24-20(27)8-5-9-21(24)28/h4-9,12,14-15,23H,2-3,10-11,13H2,1H3. The number of carbonyl (C=O) groups is 1. The van der Waals surface area contributed by atoms with Crippen molar-refractivity contribution >= 4 is 37.8 Å².